The maximum absolute atomic E-state index is 12.3. The van der Waals surface area contributed by atoms with Crippen LogP contribution in [-0.2, 0) is 9.63 Å². The molecule has 1 aliphatic heterocycles. The third-order valence-corrected chi connectivity index (χ3v) is 4.55. The number of piperidine rings is 1. The Bertz CT molecular complexity index is 866. The quantitative estimate of drug-likeness (QED) is 0.754. The highest BCUT2D eigenvalue weighted by Gasteiger charge is 2.20. The number of nitrogens with one attached hydrogen (secondary N) is 2. The van der Waals surface area contributed by atoms with E-state index in [1.54, 1.807) is 4.90 Å². The molecule has 1 aliphatic rings. The third kappa shape index (κ3) is 6.34. The molecule has 0 spiro atoms. The van der Waals surface area contributed by atoms with E-state index in [1.165, 1.54) is 0 Å². The average molecular weight is 394 g/mol. The van der Waals surface area contributed by atoms with Crippen molar-refractivity contribution in [1.82, 2.24) is 4.90 Å². The molecule has 7 heteroatoms. The second-order valence-electron chi connectivity index (χ2n) is 7.14. The van der Waals surface area contributed by atoms with Gasteiger partial charge in [-0.25, -0.2) is 4.79 Å². The molecule has 0 aromatic heterocycles. The van der Waals surface area contributed by atoms with Gasteiger partial charge in [-0.15, -0.1) is 0 Å². The van der Waals surface area contributed by atoms with E-state index in [4.69, 9.17) is 4.84 Å². The topological polar surface area (TPSA) is 83.0 Å². The van der Waals surface area contributed by atoms with Crippen molar-refractivity contribution in [2.45, 2.75) is 26.7 Å². The van der Waals surface area contributed by atoms with Crippen molar-refractivity contribution in [2.24, 2.45) is 5.16 Å². The zero-order chi connectivity index (χ0) is 20.6. The third-order valence-electron chi connectivity index (χ3n) is 4.55. The molecule has 0 aliphatic carbocycles. The van der Waals surface area contributed by atoms with E-state index in [9.17, 15) is 9.59 Å². The van der Waals surface area contributed by atoms with Crippen LogP contribution in [0.5, 0.6) is 0 Å². The molecule has 0 radical (unpaired) electrons. The first-order valence-corrected chi connectivity index (χ1v) is 9.66. The van der Waals surface area contributed by atoms with Crippen molar-refractivity contribution < 1.29 is 14.4 Å². The zero-order valence-corrected chi connectivity index (χ0v) is 16.8. The predicted octanol–water partition coefficient (Wildman–Crippen LogP) is 3.94. The Kier molecular flexibility index (Phi) is 6.84. The number of hydrogen-bond donors (Lipinski definition) is 2. The molecule has 0 saturated carbocycles. The lowest BCUT2D eigenvalue weighted by Gasteiger charge is -2.27. The molecule has 1 heterocycles. The summed E-state index contributed by atoms with van der Waals surface area (Å²) in [6.07, 6.45) is 1.25. The summed E-state index contributed by atoms with van der Waals surface area (Å²) < 4.78 is 0. The summed E-state index contributed by atoms with van der Waals surface area (Å²) in [4.78, 5) is 31.3. The van der Waals surface area contributed by atoms with E-state index in [-0.39, 0.29) is 18.5 Å². The van der Waals surface area contributed by atoms with Crippen LogP contribution in [0.4, 0.5) is 16.2 Å². The number of nitrogens with zero attached hydrogens (tertiary/aromatic N) is 2. The van der Waals surface area contributed by atoms with Crippen molar-refractivity contribution in [3.63, 3.8) is 0 Å². The standard InChI is InChI=1S/C22H26N4O3/c1-16-12-17(2)14-20(13-16)23-21(27)15-29-25-19-8-10-26(11-9-19)22(28)24-18-6-4-3-5-7-18/h3-7,12-14H,8-11,15H2,1-2H3,(H,23,27)(H,24,28). The molecule has 1 fully saturated rings. The van der Waals surface area contributed by atoms with E-state index < -0.39 is 0 Å². The summed E-state index contributed by atoms with van der Waals surface area (Å²) in [6, 6.07) is 15.1. The maximum Gasteiger partial charge on any atom is 0.321 e. The Labute approximate surface area is 170 Å². The Hall–Kier alpha value is -3.35. The van der Waals surface area contributed by atoms with E-state index in [1.807, 2.05) is 62.4 Å². The first kappa shape index (κ1) is 20.4. The number of para-hydroxylation sites is 1. The molecule has 1 saturated heterocycles. The Balaban J connectivity index is 1.40. The Morgan fingerprint density at radius 1 is 0.966 bits per heavy atom. The molecule has 3 amide bonds. The predicted molar refractivity (Wildman–Crippen MR) is 114 cm³/mol. The smallest absolute Gasteiger partial charge is 0.321 e. The fourth-order valence-electron chi connectivity index (χ4n) is 3.21. The van der Waals surface area contributed by atoms with Crippen molar-refractivity contribution in [3.05, 3.63) is 59.7 Å². The highest BCUT2D eigenvalue weighted by atomic mass is 16.6. The van der Waals surface area contributed by atoms with E-state index in [0.717, 1.165) is 28.2 Å². The molecule has 0 unspecified atom stereocenters. The lowest BCUT2D eigenvalue weighted by atomic mass is 10.1. The molecule has 3 rings (SSSR count). The lowest BCUT2D eigenvalue weighted by Crippen LogP contribution is -2.41. The number of amides is 3. The number of hydrogen-bond acceptors (Lipinski definition) is 4. The van der Waals surface area contributed by atoms with E-state index in [0.29, 0.717) is 25.9 Å². The van der Waals surface area contributed by atoms with Crippen LogP contribution in [0.1, 0.15) is 24.0 Å². The van der Waals surface area contributed by atoms with Crippen molar-refractivity contribution in [2.75, 3.05) is 30.3 Å². The monoisotopic (exact) mass is 394 g/mol. The van der Waals surface area contributed by atoms with Gasteiger partial charge < -0.3 is 20.4 Å². The van der Waals surface area contributed by atoms with E-state index in [2.05, 4.69) is 15.8 Å². The van der Waals surface area contributed by atoms with Gasteiger partial charge >= 0.3 is 6.03 Å². The minimum Gasteiger partial charge on any atom is -0.386 e. The minimum absolute atomic E-state index is 0.121. The van der Waals surface area contributed by atoms with Crippen LogP contribution < -0.4 is 10.6 Å². The zero-order valence-electron chi connectivity index (χ0n) is 16.8. The molecule has 0 atom stereocenters. The summed E-state index contributed by atoms with van der Waals surface area (Å²) in [6.45, 7) is 4.95. The lowest BCUT2D eigenvalue weighted by molar-refractivity contribution is -0.120. The molecule has 152 valence electrons. The van der Waals surface area contributed by atoms with Gasteiger partial charge in [-0.05, 0) is 49.2 Å². The summed E-state index contributed by atoms with van der Waals surface area (Å²) in [5, 5.41) is 9.77. The van der Waals surface area contributed by atoms with Gasteiger partial charge in [-0.2, -0.15) is 0 Å². The van der Waals surface area contributed by atoms with Crippen molar-refractivity contribution >= 4 is 29.0 Å². The van der Waals surface area contributed by atoms with Gasteiger partial charge in [0.15, 0.2) is 6.61 Å². The van der Waals surface area contributed by atoms with Crippen LogP contribution in [0, 0.1) is 13.8 Å². The first-order valence-electron chi connectivity index (χ1n) is 9.66. The van der Waals surface area contributed by atoms with Gasteiger partial charge in [-0.3, -0.25) is 4.79 Å². The highest BCUT2D eigenvalue weighted by Crippen LogP contribution is 2.14. The fraction of sp³-hybridized carbons (Fsp3) is 0.318. The summed E-state index contributed by atoms with van der Waals surface area (Å²) >= 11 is 0. The molecule has 2 aromatic carbocycles. The summed E-state index contributed by atoms with van der Waals surface area (Å²) in [5.41, 5.74) is 4.55. The van der Waals surface area contributed by atoms with Crippen LogP contribution >= 0.6 is 0 Å². The number of likely N-dealkylation sites (tertiary alicyclic amines) is 1. The second kappa shape index (κ2) is 9.73. The van der Waals surface area contributed by atoms with Gasteiger partial charge in [0.1, 0.15) is 0 Å². The molecule has 2 N–H and O–H groups in total. The van der Waals surface area contributed by atoms with Crippen LogP contribution in [0.3, 0.4) is 0 Å². The number of anilines is 2. The SMILES string of the molecule is Cc1cc(C)cc(NC(=O)CON=C2CCN(C(=O)Nc3ccccc3)CC2)c1. The Morgan fingerprint density at radius 2 is 1.62 bits per heavy atom. The number of aryl methyl sites for hydroxylation is 2. The minimum atomic E-state index is -0.251. The van der Waals surface area contributed by atoms with Gasteiger partial charge in [0, 0.05) is 37.3 Å². The number of oxime groups is 1. The maximum atomic E-state index is 12.3. The number of carbonyl (C=O) groups is 2. The number of urea groups is 1. The highest BCUT2D eigenvalue weighted by molar-refractivity contribution is 5.93. The number of benzene rings is 2. The molecule has 7 nitrogen and oxygen atoms in total. The molecule has 2 aromatic rings. The fourth-order valence-corrected chi connectivity index (χ4v) is 3.21. The number of rotatable bonds is 5. The van der Waals surface area contributed by atoms with E-state index >= 15 is 0 Å². The average Bonchev–Trinajstić information content (AvgIpc) is 2.68. The van der Waals surface area contributed by atoms with Crippen molar-refractivity contribution in [1.29, 1.82) is 0 Å². The number of carbonyl (C=O) groups excluding carboxylic acids is 2. The van der Waals surface area contributed by atoms with Crippen molar-refractivity contribution in [3.8, 4) is 0 Å². The summed E-state index contributed by atoms with van der Waals surface area (Å²) in [5.74, 6) is -0.251. The van der Waals surface area contributed by atoms with Gasteiger partial charge in [0.25, 0.3) is 5.91 Å². The molecule has 29 heavy (non-hydrogen) atoms. The Morgan fingerprint density at radius 3 is 2.28 bits per heavy atom. The normalized spacial score (nSPS) is 13.6. The van der Waals surface area contributed by atoms with Crippen LogP contribution in [0.25, 0.3) is 0 Å². The molecular formula is C22H26N4O3. The van der Waals surface area contributed by atoms with Crippen LogP contribution in [0.15, 0.2) is 53.7 Å². The second-order valence-corrected chi connectivity index (χ2v) is 7.14. The van der Waals surface area contributed by atoms with Gasteiger partial charge in [0.2, 0.25) is 0 Å². The largest absolute Gasteiger partial charge is 0.386 e. The van der Waals surface area contributed by atoms with Gasteiger partial charge in [0.05, 0.1) is 5.71 Å². The molecule has 0 bridgehead atoms. The first-order chi connectivity index (χ1) is 14.0. The van der Waals surface area contributed by atoms with Crippen LogP contribution in [-0.4, -0.2) is 42.2 Å². The van der Waals surface area contributed by atoms with Crippen LogP contribution in [0.2, 0.25) is 0 Å². The molecular weight excluding hydrogens is 368 g/mol. The summed E-state index contributed by atoms with van der Waals surface area (Å²) in [7, 11) is 0. The van der Waals surface area contributed by atoms with Gasteiger partial charge in [-0.1, -0.05) is 29.4 Å².